The summed E-state index contributed by atoms with van der Waals surface area (Å²) in [6, 6.07) is 4.54. The lowest BCUT2D eigenvalue weighted by Crippen LogP contribution is -2.35. The lowest BCUT2D eigenvalue weighted by molar-refractivity contribution is 0.0724. The van der Waals surface area contributed by atoms with Gasteiger partial charge in [-0.1, -0.05) is 6.92 Å². The molecule has 0 saturated carbocycles. The minimum Gasteiger partial charge on any atom is -0.495 e. The fourth-order valence-electron chi connectivity index (χ4n) is 2.57. The minimum absolute atomic E-state index is 0.000269. The van der Waals surface area contributed by atoms with Crippen molar-refractivity contribution < 1.29 is 17.9 Å². The summed E-state index contributed by atoms with van der Waals surface area (Å²) >= 11 is 0. The third kappa shape index (κ3) is 3.59. The van der Waals surface area contributed by atoms with Crippen LogP contribution >= 0.6 is 0 Å². The summed E-state index contributed by atoms with van der Waals surface area (Å²) in [6.45, 7) is 3.42. The summed E-state index contributed by atoms with van der Waals surface area (Å²) in [7, 11) is -2.28. The molecule has 1 aromatic carbocycles. The van der Waals surface area contributed by atoms with E-state index in [0.29, 0.717) is 5.56 Å². The first kappa shape index (κ1) is 16.8. The van der Waals surface area contributed by atoms with Gasteiger partial charge in [0.05, 0.1) is 7.11 Å². The number of hydrogen-bond donors (Lipinski definition) is 1. The Morgan fingerprint density at radius 1 is 1.27 bits per heavy atom. The molecular formula is C15H22N2O4S. The molecule has 22 heavy (non-hydrogen) atoms. The molecule has 122 valence electrons. The molecule has 0 unspecified atom stereocenters. The third-order valence-corrected chi connectivity index (χ3v) is 5.24. The first-order chi connectivity index (χ1) is 10.5. The summed E-state index contributed by atoms with van der Waals surface area (Å²) in [5.74, 6) is 0.103. The second-order valence-electron chi connectivity index (χ2n) is 5.22. The number of piperidine rings is 1. The van der Waals surface area contributed by atoms with Gasteiger partial charge in [0.1, 0.15) is 10.6 Å². The maximum absolute atomic E-state index is 12.5. The minimum atomic E-state index is -3.69. The molecule has 1 aliphatic rings. The maximum Gasteiger partial charge on any atom is 0.253 e. The van der Waals surface area contributed by atoms with Crippen LogP contribution in [0.5, 0.6) is 5.75 Å². The highest BCUT2D eigenvalue weighted by molar-refractivity contribution is 7.89. The Kier molecular flexibility index (Phi) is 5.42. The summed E-state index contributed by atoms with van der Waals surface area (Å²) in [5, 5.41) is 0. The van der Waals surface area contributed by atoms with E-state index >= 15 is 0 Å². The molecule has 1 heterocycles. The molecule has 0 bridgehead atoms. The fraction of sp³-hybridized carbons (Fsp3) is 0.533. The molecule has 2 rings (SSSR count). The highest BCUT2D eigenvalue weighted by Crippen LogP contribution is 2.26. The van der Waals surface area contributed by atoms with E-state index in [4.69, 9.17) is 4.74 Å². The lowest BCUT2D eigenvalue weighted by Gasteiger charge is -2.27. The third-order valence-electron chi connectivity index (χ3n) is 3.68. The van der Waals surface area contributed by atoms with Crippen molar-refractivity contribution in [3.05, 3.63) is 23.8 Å². The molecule has 1 saturated heterocycles. The predicted molar refractivity (Wildman–Crippen MR) is 83.6 cm³/mol. The van der Waals surface area contributed by atoms with Crippen LogP contribution in [0, 0.1) is 0 Å². The molecular weight excluding hydrogens is 304 g/mol. The van der Waals surface area contributed by atoms with Gasteiger partial charge >= 0.3 is 0 Å². The van der Waals surface area contributed by atoms with Gasteiger partial charge in [0, 0.05) is 25.2 Å². The van der Waals surface area contributed by atoms with E-state index in [2.05, 4.69) is 4.72 Å². The van der Waals surface area contributed by atoms with E-state index in [0.717, 1.165) is 32.4 Å². The van der Waals surface area contributed by atoms with Crippen molar-refractivity contribution in [3.8, 4) is 5.75 Å². The van der Waals surface area contributed by atoms with Gasteiger partial charge in [0.15, 0.2) is 0 Å². The molecule has 0 aromatic heterocycles. The number of hydrogen-bond acceptors (Lipinski definition) is 4. The van der Waals surface area contributed by atoms with Crippen LogP contribution in [0.25, 0.3) is 0 Å². The van der Waals surface area contributed by atoms with Gasteiger partial charge in [-0.2, -0.15) is 0 Å². The van der Waals surface area contributed by atoms with Gasteiger partial charge in [0.2, 0.25) is 10.0 Å². The maximum atomic E-state index is 12.5. The van der Waals surface area contributed by atoms with Gasteiger partial charge in [-0.3, -0.25) is 4.79 Å². The number of rotatable bonds is 5. The number of carbonyl (C=O) groups excluding carboxylic acids is 1. The van der Waals surface area contributed by atoms with E-state index in [1.165, 1.54) is 19.2 Å². The number of methoxy groups -OCH3 is 1. The van der Waals surface area contributed by atoms with Crippen molar-refractivity contribution in [2.24, 2.45) is 0 Å². The van der Waals surface area contributed by atoms with Crippen LogP contribution in [0.4, 0.5) is 0 Å². The van der Waals surface area contributed by atoms with Crippen molar-refractivity contribution in [1.29, 1.82) is 0 Å². The van der Waals surface area contributed by atoms with Crippen LogP contribution in [0.15, 0.2) is 23.1 Å². The number of nitrogens with zero attached hydrogens (tertiary/aromatic N) is 1. The van der Waals surface area contributed by atoms with Crippen LogP contribution in [-0.2, 0) is 10.0 Å². The molecule has 0 atom stereocenters. The van der Waals surface area contributed by atoms with Gasteiger partial charge in [-0.25, -0.2) is 13.1 Å². The van der Waals surface area contributed by atoms with Crippen LogP contribution in [0.1, 0.15) is 36.5 Å². The average molecular weight is 326 g/mol. The van der Waals surface area contributed by atoms with Crippen LogP contribution in [0.3, 0.4) is 0 Å². The number of benzene rings is 1. The highest BCUT2D eigenvalue weighted by Gasteiger charge is 2.23. The summed E-state index contributed by atoms with van der Waals surface area (Å²) < 4.78 is 32.0. The first-order valence-electron chi connectivity index (χ1n) is 7.46. The summed E-state index contributed by atoms with van der Waals surface area (Å²) in [4.78, 5) is 14.3. The van der Waals surface area contributed by atoms with Gasteiger partial charge < -0.3 is 9.64 Å². The summed E-state index contributed by atoms with van der Waals surface area (Å²) in [6.07, 6.45) is 3.11. The molecule has 1 amide bonds. The van der Waals surface area contributed by atoms with Crippen LogP contribution in [-0.4, -0.2) is 46.0 Å². The zero-order valence-electron chi connectivity index (χ0n) is 13.0. The van der Waals surface area contributed by atoms with Gasteiger partial charge in [0.25, 0.3) is 5.91 Å². The first-order valence-corrected chi connectivity index (χ1v) is 8.95. The number of amides is 1. The van der Waals surface area contributed by atoms with Crippen molar-refractivity contribution in [2.45, 2.75) is 31.1 Å². The number of sulfonamides is 1. The molecule has 0 aliphatic carbocycles. The highest BCUT2D eigenvalue weighted by atomic mass is 32.2. The van der Waals surface area contributed by atoms with Gasteiger partial charge in [-0.05, 0) is 37.5 Å². The molecule has 6 nitrogen and oxygen atoms in total. The zero-order valence-corrected chi connectivity index (χ0v) is 13.8. The zero-order chi connectivity index (χ0) is 16.2. The van der Waals surface area contributed by atoms with Crippen molar-refractivity contribution in [1.82, 2.24) is 9.62 Å². The van der Waals surface area contributed by atoms with E-state index < -0.39 is 10.0 Å². The van der Waals surface area contributed by atoms with Crippen molar-refractivity contribution >= 4 is 15.9 Å². The van der Waals surface area contributed by atoms with Crippen LogP contribution in [0.2, 0.25) is 0 Å². The standard InChI is InChI=1S/C15H22N2O4S/c1-3-16-22(19,20)14-11-12(7-8-13(14)21-2)15(18)17-9-5-4-6-10-17/h7-8,11,16H,3-6,9-10H2,1-2H3. The number of ether oxygens (including phenoxy) is 1. The smallest absolute Gasteiger partial charge is 0.253 e. The number of carbonyl (C=O) groups is 1. The SMILES string of the molecule is CCNS(=O)(=O)c1cc(C(=O)N2CCCCC2)ccc1OC. The Balaban J connectivity index is 2.36. The molecule has 0 radical (unpaired) electrons. The van der Waals surface area contributed by atoms with Crippen LogP contribution < -0.4 is 9.46 Å². The lowest BCUT2D eigenvalue weighted by atomic mass is 10.1. The Labute approximate surface area is 131 Å². The molecule has 1 N–H and O–H groups in total. The Morgan fingerprint density at radius 2 is 1.95 bits per heavy atom. The van der Waals surface area contributed by atoms with Crippen molar-refractivity contribution in [2.75, 3.05) is 26.7 Å². The molecule has 1 fully saturated rings. The topological polar surface area (TPSA) is 75.7 Å². The molecule has 7 heteroatoms. The van der Waals surface area contributed by atoms with E-state index in [1.807, 2.05) is 0 Å². The largest absolute Gasteiger partial charge is 0.495 e. The van der Waals surface area contributed by atoms with E-state index in [1.54, 1.807) is 17.9 Å². The Morgan fingerprint density at radius 3 is 2.55 bits per heavy atom. The second-order valence-corrected chi connectivity index (χ2v) is 6.96. The summed E-state index contributed by atoms with van der Waals surface area (Å²) in [5.41, 5.74) is 0.374. The van der Waals surface area contributed by atoms with Crippen molar-refractivity contribution in [3.63, 3.8) is 0 Å². The van der Waals surface area contributed by atoms with E-state index in [-0.39, 0.29) is 23.1 Å². The second kappa shape index (κ2) is 7.11. The Bertz CT molecular complexity index is 637. The normalized spacial score (nSPS) is 15.6. The Hall–Kier alpha value is -1.60. The van der Waals surface area contributed by atoms with Gasteiger partial charge in [-0.15, -0.1) is 0 Å². The monoisotopic (exact) mass is 326 g/mol. The quantitative estimate of drug-likeness (QED) is 0.892. The number of likely N-dealkylation sites (tertiary alicyclic amines) is 1. The molecule has 1 aliphatic heterocycles. The number of nitrogens with one attached hydrogen (secondary N) is 1. The average Bonchev–Trinajstić information content (AvgIpc) is 2.54. The van der Waals surface area contributed by atoms with E-state index in [9.17, 15) is 13.2 Å². The molecule has 1 aromatic rings. The predicted octanol–water partition coefficient (Wildman–Crippen LogP) is 1.62. The fourth-order valence-corrected chi connectivity index (χ4v) is 3.80. The molecule has 0 spiro atoms.